The first-order chi connectivity index (χ1) is 17.7. The van der Waals surface area contributed by atoms with Gasteiger partial charge < -0.3 is 14.5 Å². The molecule has 0 saturated carbocycles. The number of carbonyl (C=O) groups is 1. The van der Waals surface area contributed by atoms with Crippen LogP contribution in [-0.4, -0.2) is 69.9 Å². The molecule has 1 aliphatic rings. The highest BCUT2D eigenvalue weighted by Gasteiger charge is 2.21. The fourth-order valence-electron chi connectivity index (χ4n) is 3.81. The van der Waals surface area contributed by atoms with E-state index in [4.69, 9.17) is 9.15 Å². The van der Waals surface area contributed by atoms with E-state index in [0.29, 0.717) is 40.4 Å². The highest BCUT2D eigenvalue weighted by atomic mass is 32.2. The van der Waals surface area contributed by atoms with E-state index in [1.54, 1.807) is 40.3 Å². The van der Waals surface area contributed by atoms with Crippen molar-refractivity contribution in [2.24, 2.45) is 0 Å². The van der Waals surface area contributed by atoms with E-state index in [0.717, 1.165) is 44.3 Å². The molecule has 1 aromatic carbocycles. The van der Waals surface area contributed by atoms with Crippen molar-refractivity contribution in [2.45, 2.75) is 17.3 Å². The second-order valence-corrected chi connectivity index (χ2v) is 9.93. The fourth-order valence-corrected chi connectivity index (χ4v) is 5.54. The van der Waals surface area contributed by atoms with Crippen molar-refractivity contribution < 1.29 is 18.3 Å². The minimum Gasteiger partial charge on any atom is -0.461 e. The number of hydrogen-bond acceptors (Lipinski definition) is 9. The standard InChI is InChI=1S/C24H25FN6O3S2/c25-17-5-1-2-6-19(17)31-22(20-7-3-12-34-20)28-29-24(31)36-16-21-27-18(15-35-21)23(32)26-8-4-9-30-10-13-33-14-11-30/h1-3,5-7,12,15H,4,8-11,13-14,16H2,(H,26,32). The maximum atomic E-state index is 14.7. The highest BCUT2D eigenvalue weighted by molar-refractivity contribution is 7.98. The summed E-state index contributed by atoms with van der Waals surface area (Å²) in [6, 6.07) is 9.94. The minimum atomic E-state index is -0.395. The number of hydrogen-bond donors (Lipinski definition) is 1. The largest absolute Gasteiger partial charge is 0.461 e. The third kappa shape index (κ3) is 5.84. The van der Waals surface area contributed by atoms with E-state index < -0.39 is 5.82 Å². The fraction of sp³-hybridized carbons (Fsp3) is 0.333. The number of rotatable bonds is 10. The van der Waals surface area contributed by atoms with Crippen LogP contribution < -0.4 is 5.32 Å². The molecule has 0 unspecified atom stereocenters. The number of amides is 1. The summed E-state index contributed by atoms with van der Waals surface area (Å²) in [6.45, 7) is 4.95. The summed E-state index contributed by atoms with van der Waals surface area (Å²) in [5, 5.41) is 14.5. The van der Waals surface area contributed by atoms with Crippen molar-refractivity contribution in [3.8, 4) is 17.3 Å². The number of thiazole rings is 1. The average Bonchev–Trinajstić information content (AvgIpc) is 3.67. The molecule has 1 saturated heterocycles. The lowest BCUT2D eigenvalue weighted by Crippen LogP contribution is -2.38. The number of nitrogens with zero attached hydrogens (tertiary/aromatic N) is 5. The van der Waals surface area contributed by atoms with Gasteiger partial charge in [0, 0.05) is 25.0 Å². The molecule has 0 spiro atoms. The second kappa shape index (κ2) is 11.8. The van der Waals surface area contributed by atoms with Crippen LogP contribution in [0.15, 0.2) is 57.6 Å². The molecule has 4 heterocycles. The Labute approximate surface area is 215 Å². The first kappa shape index (κ1) is 24.6. The summed E-state index contributed by atoms with van der Waals surface area (Å²) in [7, 11) is 0. The molecule has 3 aromatic heterocycles. The van der Waals surface area contributed by atoms with Crippen molar-refractivity contribution in [1.82, 2.24) is 30.0 Å². The van der Waals surface area contributed by atoms with Gasteiger partial charge in [0.15, 0.2) is 10.9 Å². The van der Waals surface area contributed by atoms with E-state index in [2.05, 4.69) is 25.4 Å². The second-order valence-electron chi connectivity index (χ2n) is 8.05. The van der Waals surface area contributed by atoms with Crippen LogP contribution in [0.4, 0.5) is 4.39 Å². The number of ether oxygens (including phenoxy) is 1. The Kier molecular flexibility index (Phi) is 8.06. The zero-order chi connectivity index (χ0) is 24.7. The number of nitrogens with one attached hydrogen (secondary N) is 1. The van der Waals surface area contributed by atoms with E-state index in [1.165, 1.54) is 35.4 Å². The zero-order valence-corrected chi connectivity index (χ0v) is 21.1. The molecule has 12 heteroatoms. The highest BCUT2D eigenvalue weighted by Crippen LogP contribution is 2.31. The van der Waals surface area contributed by atoms with E-state index in [-0.39, 0.29) is 5.91 Å². The molecule has 1 amide bonds. The molecule has 1 fully saturated rings. The molecule has 1 aliphatic heterocycles. The number of para-hydroxylation sites is 1. The smallest absolute Gasteiger partial charge is 0.270 e. The molecule has 188 valence electrons. The molecule has 5 rings (SSSR count). The Morgan fingerprint density at radius 2 is 2.03 bits per heavy atom. The number of carbonyl (C=O) groups excluding carboxylic acids is 1. The number of thioether (sulfide) groups is 1. The predicted molar refractivity (Wildman–Crippen MR) is 135 cm³/mol. The van der Waals surface area contributed by atoms with Gasteiger partial charge in [-0.25, -0.2) is 9.37 Å². The van der Waals surface area contributed by atoms with Crippen LogP contribution in [0.1, 0.15) is 21.9 Å². The Bertz CT molecular complexity index is 1290. The zero-order valence-electron chi connectivity index (χ0n) is 19.4. The van der Waals surface area contributed by atoms with Gasteiger partial charge in [-0.1, -0.05) is 23.9 Å². The maximum absolute atomic E-state index is 14.7. The van der Waals surface area contributed by atoms with Crippen LogP contribution in [-0.2, 0) is 10.5 Å². The summed E-state index contributed by atoms with van der Waals surface area (Å²) in [6.07, 6.45) is 2.41. The first-order valence-corrected chi connectivity index (χ1v) is 13.5. The molecular formula is C24H25FN6O3S2. The SMILES string of the molecule is O=C(NCCCN1CCOCC1)c1csc(CSc2nnc(-c3ccco3)n2-c2ccccc2F)n1. The average molecular weight is 529 g/mol. The van der Waals surface area contributed by atoms with Gasteiger partial charge in [0.25, 0.3) is 5.91 Å². The number of furan rings is 1. The van der Waals surface area contributed by atoms with Crippen LogP contribution >= 0.6 is 23.1 Å². The molecule has 4 aromatic rings. The number of morpholine rings is 1. The van der Waals surface area contributed by atoms with Gasteiger partial charge in [0.1, 0.15) is 16.5 Å². The lowest BCUT2D eigenvalue weighted by atomic mass is 10.3. The van der Waals surface area contributed by atoms with Crippen LogP contribution in [0.25, 0.3) is 17.3 Å². The quantitative estimate of drug-likeness (QED) is 0.245. The molecule has 0 bridgehead atoms. The molecule has 0 radical (unpaired) electrons. The lowest BCUT2D eigenvalue weighted by molar-refractivity contribution is 0.0374. The van der Waals surface area contributed by atoms with Gasteiger partial charge in [0.05, 0.1) is 30.9 Å². The van der Waals surface area contributed by atoms with Gasteiger partial charge in [-0.2, -0.15) is 0 Å². The van der Waals surface area contributed by atoms with Gasteiger partial charge in [-0.15, -0.1) is 21.5 Å². The van der Waals surface area contributed by atoms with E-state index >= 15 is 0 Å². The summed E-state index contributed by atoms with van der Waals surface area (Å²) >= 11 is 2.77. The van der Waals surface area contributed by atoms with Gasteiger partial charge >= 0.3 is 0 Å². The van der Waals surface area contributed by atoms with E-state index in [1.807, 2.05) is 0 Å². The predicted octanol–water partition coefficient (Wildman–Crippen LogP) is 3.87. The van der Waals surface area contributed by atoms with Crippen molar-refractivity contribution in [2.75, 3.05) is 39.4 Å². The summed E-state index contributed by atoms with van der Waals surface area (Å²) in [4.78, 5) is 19.3. The Hall–Kier alpha value is -3.06. The third-order valence-electron chi connectivity index (χ3n) is 5.62. The number of benzene rings is 1. The Morgan fingerprint density at radius 1 is 1.17 bits per heavy atom. The lowest BCUT2D eigenvalue weighted by Gasteiger charge is -2.26. The Balaban J connectivity index is 1.21. The summed E-state index contributed by atoms with van der Waals surface area (Å²) in [5.41, 5.74) is 0.724. The van der Waals surface area contributed by atoms with Crippen LogP contribution in [0.2, 0.25) is 0 Å². The van der Waals surface area contributed by atoms with Gasteiger partial charge in [-0.05, 0) is 37.2 Å². The normalized spacial score (nSPS) is 14.2. The molecular weight excluding hydrogens is 503 g/mol. The number of aromatic nitrogens is 4. The summed E-state index contributed by atoms with van der Waals surface area (Å²) in [5.74, 6) is 0.774. The number of halogens is 1. The third-order valence-corrected chi connectivity index (χ3v) is 7.59. The molecule has 0 aliphatic carbocycles. The van der Waals surface area contributed by atoms with Crippen molar-refractivity contribution >= 4 is 29.0 Å². The van der Waals surface area contributed by atoms with Crippen LogP contribution in [0.3, 0.4) is 0 Å². The topological polar surface area (TPSA) is 98.3 Å². The van der Waals surface area contributed by atoms with Gasteiger partial charge in [-0.3, -0.25) is 14.3 Å². The minimum absolute atomic E-state index is 0.181. The Morgan fingerprint density at radius 3 is 2.83 bits per heavy atom. The molecule has 36 heavy (non-hydrogen) atoms. The summed E-state index contributed by atoms with van der Waals surface area (Å²) < 4.78 is 27.1. The molecule has 0 atom stereocenters. The maximum Gasteiger partial charge on any atom is 0.270 e. The molecule has 1 N–H and O–H groups in total. The van der Waals surface area contributed by atoms with Crippen molar-refractivity contribution in [3.63, 3.8) is 0 Å². The van der Waals surface area contributed by atoms with Crippen LogP contribution in [0.5, 0.6) is 0 Å². The first-order valence-electron chi connectivity index (χ1n) is 11.6. The van der Waals surface area contributed by atoms with Crippen molar-refractivity contribution in [3.05, 3.63) is 64.6 Å². The van der Waals surface area contributed by atoms with Crippen LogP contribution in [0, 0.1) is 5.82 Å². The van der Waals surface area contributed by atoms with E-state index in [9.17, 15) is 9.18 Å². The van der Waals surface area contributed by atoms with Gasteiger partial charge in [0.2, 0.25) is 5.82 Å². The van der Waals surface area contributed by atoms with Crippen molar-refractivity contribution in [1.29, 1.82) is 0 Å². The molecule has 9 nitrogen and oxygen atoms in total. The monoisotopic (exact) mass is 528 g/mol.